The van der Waals surface area contributed by atoms with Crippen molar-refractivity contribution in [2.75, 3.05) is 0 Å². The number of nitrogens with two attached hydrogens (primary N) is 1. The second-order valence-corrected chi connectivity index (χ2v) is 6.14. The van der Waals surface area contributed by atoms with Gasteiger partial charge < -0.3 is 26.6 Å². The summed E-state index contributed by atoms with van der Waals surface area (Å²) in [5.41, 5.74) is 5.82. The fraction of sp³-hybridized carbons (Fsp3) is 0.733. The Morgan fingerprint density at radius 1 is 1.00 bits per heavy atom. The molecule has 0 aromatic rings. The van der Waals surface area contributed by atoms with E-state index in [1.54, 1.807) is 13.8 Å². The molecule has 0 spiro atoms. The van der Waals surface area contributed by atoms with Crippen LogP contribution in [0.3, 0.4) is 0 Å². The highest BCUT2D eigenvalue weighted by Crippen LogP contribution is 2.08. The predicted octanol–water partition coefficient (Wildman–Crippen LogP) is -0.455. The molecule has 6 N–H and O–H groups in total. The van der Waals surface area contributed by atoms with Crippen LogP contribution >= 0.6 is 0 Å². The number of carboxylic acid groups (broad SMARTS) is 2. The van der Waals surface area contributed by atoms with Crippen molar-refractivity contribution in [3.05, 3.63) is 0 Å². The largest absolute Gasteiger partial charge is 0.481 e. The van der Waals surface area contributed by atoms with Crippen LogP contribution in [0.2, 0.25) is 0 Å². The first-order valence-corrected chi connectivity index (χ1v) is 7.82. The molecule has 0 aliphatic rings. The Bertz CT molecular complexity index is 480. The van der Waals surface area contributed by atoms with Crippen LogP contribution in [0.25, 0.3) is 0 Å². The normalized spacial score (nSPS) is 15.9. The molecule has 0 saturated heterocycles. The molecule has 0 heterocycles. The monoisotopic (exact) mass is 345 g/mol. The SMILES string of the molecule is CCC(C)C(N)C(=O)NC(C(=O)NC(CC(=O)O)C(=O)O)C(C)C. The molecule has 0 fully saturated rings. The van der Waals surface area contributed by atoms with E-state index in [1.807, 2.05) is 13.8 Å². The van der Waals surface area contributed by atoms with Gasteiger partial charge in [0.25, 0.3) is 0 Å². The Morgan fingerprint density at radius 2 is 1.54 bits per heavy atom. The molecule has 138 valence electrons. The van der Waals surface area contributed by atoms with E-state index in [2.05, 4.69) is 10.6 Å². The van der Waals surface area contributed by atoms with Crippen LogP contribution in [0.4, 0.5) is 0 Å². The summed E-state index contributed by atoms with van der Waals surface area (Å²) in [4.78, 5) is 46.1. The van der Waals surface area contributed by atoms with Crippen LogP contribution in [0, 0.1) is 11.8 Å². The molecule has 4 unspecified atom stereocenters. The van der Waals surface area contributed by atoms with E-state index in [0.29, 0.717) is 6.42 Å². The Morgan fingerprint density at radius 3 is 1.92 bits per heavy atom. The minimum absolute atomic E-state index is 0.0837. The van der Waals surface area contributed by atoms with Gasteiger partial charge in [-0.05, 0) is 11.8 Å². The van der Waals surface area contributed by atoms with Crippen molar-refractivity contribution < 1.29 is 29.4 Å². The first kappa shape index (κ1) is 21.8. The Kier molecular flexibility index (Phi) is 8.97. The van der Waals surface area contributed by atoms with Crippen LogP contribution in [-0.2, 0) is 19.2 Å². The summed E-state index contributed by atoms with van der Waals surface area (Å²) >= 11 is 0. The molecule has 0 aromatic carbocycles. The number of carbonyl (C=O) groups is 4. The molecule has 0 radical (unpaired) electrons. The lowest BCUT2D eigenvalue weighted by atomic mass is 9.97. The number of carboxylic acids is 2. The lowest BCUT2D eigenvalue weighted by molar-refractivity contribution is -0.147. The van der Waals surface area contributed by atoms with E-state index in [0.717, 1.165) is 0 Å². The molecule has 4 atom stereocenters. The molecule has 0 rings (SSSR count). The minimum atomic E-state index is -1.57. The number of amides is 2. The quantitative estimate of drug-likeness (QED) is 0.358. The lowest BCUT2D eigenvalue weighted by Gasteiger charge is -2.26. The number of carbonyl (C=O) groups excluding carboxylic acids is 2. The maximum atomic E-state index is 12.3. The van der Waals surface area contributed by atoms with Gasteiger partial charge in [-0.25, -0.2) is 4.79 Å². The van der Waals surface area contributed by atoms with Crippen LogP contribution in [0.1, 0.15) is 40.5 Å². The van der Waals surface area contributed by atoms with Crippen molar-refractivity contribution in [1.29, 1.82) is 0 Å². The third-order valence-corrected chi connectivity index (χ3v) is 3.80. The molecule has 2 amide bonds. The zero-order valence-corrected chi connectivity index (χ0v) is 14.4. The number of aliphatic carboxylic acids is 2. The number of hydrogen-bond donors (Lipinski definition) is 5. The number of hydrogen-bond acceptors (Lipinski definition) is 5. The maximum Gasteiger partial charge on any atom is 0.326 e. The van der Waals surface area contributed by atoms with Crippen molar-refractivity contribution in [1.82, 2.24) is 10.6 Å². The average Bonchev–Trinajstić information content (AvgIpc) is 2.48. The maximum absolute atomic E-state index is 12.3. The standard InChI is InChI=1S/C15H27N3O6/c1-5-8(4)11(16)13(21)18-12(7(2)3)14(22)17-9(15(23)24)6-10(19)20/h7-9,11-12H,5-6,16H2,1-4H3,(H,17,22)(H,18,21)(H,19,20)(H,23,24). The predicted molar refractivity (Wildman–Crippen MR) is 86.0 cm³/mol. The first-order chi connectivity index (χ1) is 11.0. The fourth-order valence-corrected chi connectivity index (χ4v) is 1.93. The van der Waals surface area contributed by atoms with Crippen molar-refractivity contribution in [2.24, 2.45) is 17.6 Å². The van der Waals surface area contributed by atoms with Crippen molar-refractivity contribution >= 4 is 23.8 Å². The fourth-order valence-electron chi connectivity index (χ4n) is 1.93. The molecule has 9 heteroatoms. The van der Waals surface area contributed by atoms with E-state index in [9.17, 15) is 19.2 Å². The minimum Gasteiger partial charge on any atom is -0.481 e. The summed E-state index contributed by atoms with van der Waals surface area (Å²) in [6.45, 7) is 7.04. The van der Waals surface area contributed by atoms with Crippen molar-refractivity contribution in [3.8, 4) is 0 Å². The topological polar surface area (TPSA) is 159 Å². The Balaban J connectivity index is 5.04. The highest BCUT2D eigenvalue weighted by atomic mass is 16.4. The third kappa shape index (κ3) is 6.95. The van der Waals surface area contributed by atoms with Crippen LogP contribution in [0.5, 0.6) is 0 Å². The van der Waals surface area contributed by atoms with Gasteiger partial charge in [0.15, 0.2) is 0 Å². The number of rotatable bonds is 10. The van der Waals surface area contributed by atoms with Crippen LogP contribution in [-0.4, -0.2) is 52.1 Å². The van der Waals surface area contributed by atoms with Crippen molar-refractivity contribution in [3.63, 3.8) is 0 Å². The van der Waals surface area contributed by atoms with Gasteiger partial charge in [0.05, 0.1) is 12.5 Å². The summed E-state index contributed by atoms with van der Waals surface area (Å²) in [6.07, 6.45) is -0.0704. The number of nitrogens with one attached hydrogen (secondary N) is 2. The van der Waals surface area contributed by atoms with E-state index in [1.165, 1.54) is 0 Å². The van der Waals surface area contributed by atoms with Gasteiger partial charge in [-0.3, -0.25) is 14.4 Å². The molecule has 0 bridgehead atoms. The van der Waals surface area contributed by atoms with Gasteiger partial charge in [0.2, 0.25) is 11.8 Å². The summed E-state index contributed by atoms with van der Waals surface area (Å²) in [5, 5.41) is 22.3. The highest BCUT2D eigenvalue weighted by molar-refractivity contribution is 5.92. The highest BCUT2D eigenvalue weighted by Gasteiger charge is 2.31. The molecule has 24 heavy (non-hydrogen) atoms. The molecule has 0 aliphatic heterocycles. The molecular formula is C15H27N3O6. The second-order valence-electron chi connectivity index (χ2n) is 6.14. The summed E-state index contributed by atoms with van der Waals surface area (Å²) < 4.78 is 0. The van der Waals surface area contributed by atoms with E-state index in [-0.39, 0.29) is 11.8 Å². The third-order valence-electron chi connectivity index (χ3n) is 3.80. The summed E-state index contributed by atoms with van der Waals surface area (Å²) in [6, 6.07) is -3.38. The lowest BCUT2D eigenvalue weighted by Crippen LogP contribution is -2.57. The van der Waals surface area contributed by atoms with Crippen LogP contribution in [0.15, 0.2) is 0 Å². The van der Waals surface area contributed by atoms with Gasteiger partial charge in [-0.1, -0.05) is 34.1 Å². The Hall–Kier alpha value is -2.16. The summed E-state index contributed by atoms with van der Waals surface area (Å²) in [7, 11) is 0. The van der Waals surface area contributed by atoms with Gasteiger partial charge in [-0.15, -0.1) is 0 Å². The van der Waals surface area contributed by atoms with Crippen LogP contribution < -0.4 is 16.4 Å². The molecule has 0 saturated carbocycles. The van der Waals surface area contributed by atoms with Gasteiger partial charge >= 0.3 is 11.9 Å². The Labute approximate surface area is 141 Å². The van der Waals surface area contributed by atoms with E-state index < -0.39 is 48.3 Å². The average molecular weight is 345 g/mol. The van der Waals surface area contributed by atoms with E-state index >= 15 is 0 Å². The van der Waals surface area contributed by atoms with Gasteiger partial charge in [-0.2, -0.15) is 0 Å². The summed E-state index contributed by atoms with van der Waals surface area (Å²) in [5.74, 6) is -4.51. The molecule has 0 aromatic heterocycles. The van der Waals surface area contributed by atoms with Gasteiger partial charge in [0, 0.05) is 0 Å². The first-order valence-electron chi connectivity index (χ1n) is 7.82. The molecule has 9 nitrogen and oxygen atoms in total. The zero-order chi connectivity index (χ0) is 19.0. The van der Waals surface area contributed by atoms with Crippen molar-refractivity contribution in [2.45, 2.75) is 58.7 Å². The molecule has 0 aliphatic carbocycles. The smallest absolute Gasteiger partial charge is 0.326 e. The zero-order valence-electron chi connectivity index (χ0n) is 14.4. The van der Waals surface area contributed by atoms with Gasteiger partial charge in [0.1, 0.15) is 12.1 Å². The van der Waals surface area contributed by atoms with E-state index in [4.69, 9.17) is 15.9 Å². The molecular weight excluding hydrogens is 318 g/mol. The second kappa shape index (κ2) is 9.86.